The second-order valence-electron chi connectivity index (χ2n) is 2.54. The van der Waals surface area contributed by atoms with Gasteiger partial charge in [0.1, 0.15) is 0 Å². The molecule has 0 bridgehead atoms. The fourth-order valence-corrected chi connectivity index (χ4v) is 2.37. The highest BCUT2D eigenvalue weighted by Crippen LogP contribution is 2.33. The number of thioether (sulfide) groups is 1. The molecule has 1 rings (SSSR count). The van der Waals surface area contributed by atoms with Gasteiger partial charge in [0.15, 0.2) is 0 Å². The number of rotatable bonds is 1. The summed E-state index contributed by atoms with van der Waals surface area (Å²) in [6, 6.07) is 0. The van der Waals surface area contributed by atoms with E-state index >= 15 is 0 Å². The third kappa shape index (κ3) is 1.29. The van der Waals surface area contributed by atoms with E-state index in [1.807, 2.05) is 6.92 Å². The summed E-state index contributed by atoms with van der Waals surface area (Å²) in [4.78, 5) is 0. The molecule has 60 valence electrons. The zero-order valence-corrected chi connectivity index (χ0v) is 6.58. The first-order chi connectivity index (χ1) is 4.66. The third-order valence-electron chi connectivity index (χ3n) is 1.78. The molecule has 1 heterocycles. The van der Waals surface area contributed by atoms with E-state index in [1.54, 1.807) is 0 Å². The van der Waals surface area contributed by atoms with Crippen LogP contribution in [0.5, 0.6) is 0 Å². The summed E-state index contributed by atoms with van der Waals surface area (Å²) in [5.74, 6) is 0. The molecule has 0 amide bonds. The molecule has 1 fully saturated rings. The van der Waals surface area contributed by atoms with Gasteiger partial charge in [0.25, 0.3) is 0 Å². The van der Waals surface area contributed by atoms with Crippen LogP contribution in [0.3, 0.4) is 0 Å². The largest absolute Gasteiger partial charge is 0.395 e. The van der Waals surface area contributed by atoms with Gasteiger partial charge in [0, 0.05) is 5.25 Å². The van der Waals surface area contributed by atoms with Crippen molar-refractivity contribution in [3.05, 3.63) is 0 Å². The van der Waals surface area contributed by atoms with Crippen LogP contribution >= 0.6 is 11.8 Å². The molecule has 0 aromatic heterocycles. The Hall–Kier alpha value is 0.230. The fraction of sp³-hybridized carbons (Fsp3) is 1.00. The standard InChI is InChI=1S/C6H12O3S/c1-3-5(8)6(9)4(2-7)10-3/h3-9H,2H2,1H3/t3-,4+,5?,6-/m0/s1. The summed E-state index contributed by atoms with van der Waals surface area (Å²) >= 11 is 1.43. The normalized spacial score (nSPS) is 48.0. The molecule has 3 N–H and O–H groups in total. The van der Waals surface area contributed by atoms with Gasteiger partial charge in [-0.05, 0) is 0 Å². The van der Waals surface area contributed by atoms with Crippen molar-refractivity contribution in [3.63, 3.8) is 0 Å². The van der Waals surface area contributed by atoms with Gasteiger partial charge in [-0.1, -0.05) is 6.92 Å². The monoisotopic (exact) mass is 164 g/mol. The second-order valence-corrected chi connectivity index (χ2v) is 4.16. The minimum absolute atomic E-state index is 0.0344. The van der Waals surface area contributed by atoms with Crippen molar-refractivity contribution in [2.75, 3.05) is 6.61 Å². The fourth-order valence-electron chi connectivity index (χ4n) is 1.09. The zero-order valence-electron chi connectivity index (χ0n) is 5.77. The molecule has 0 aliphatic carbocycles. The molecular weight excluding hydrogens is 152 g/mol. The minimum atomic E-state index is -0.759. The topological polar surface area (TPSA) is 60.7 Å². The molecule has 3 nitrogen and oxygen atoms in total. The average molecular weight is 164 g/mol. The summed E-state index contributed by atoms with van der Waals surface area (Å²) in [7, 11) is 0. The maximum atomic E-state index is 9.20. The van der Waals surface area contributed by atoms with E-state index < -0.39 is 12.2 Å². The van der Waals surface area contributed by atoms with Gasteiger partial charge in [0.2, 0.25) is 0 Å². The summed E-state index contributed by atoms with van der Waals surface area (Å²) in [6.45, 7) is 1.78. The van der Waals surface area contributed by atoms with Crippen LogP contribution in [0.15, 0.2) is 0 Å². The molecule has 1 unspecified atom stereocenters. The Bertz CT molecular complexity index is 120. The number of aliphatic hydroxyl groups excluding tert-OH is 3. The van der Waals surface area contributed by atoms with E-state index in [9.17, 15) is 10.2 Å². The second kappa shape index (κ2) is 3.09. The van der Waals surface area contributed by atoms with Gasteiger partial charge in [0.05, 0.1) is 24.1 Å². The van der Waals surface area contributed by atoms with Crippen molar-refractivity contribution >= 4 is 11.8 Å². The third-order valence-corrected chi connectivity index (χ3v) is 3.27. The van der Waals surface area contributed by atoms with Crippen LogP contribution in [0.4, 0.5) is 0 Å². The summed E-state index contributed by atoms with van der Waals surface area (Å²) < 4.78 is 0. The summed E-state index contributed by atoms with van der Waals surface area (Å²) in [6.07, 6.45) is -1.44. The predicted molar refractivity (Wildman–Crippen MR) is 39.9 cm³/mol. The van der Waals surface area contributed by atoms with Crippen LogP contribution < -0.4 is 0 Å². The van der Waals surface area contributed by atoms with Crippen LogP contribution in [0.1, 0.15) is 6.92 Å². The Morgan fingerprint density at radius 3 is 2.10 bits per heavy atom. The number of hydrogen-bond donors (Lipinski definition) is 3. The molecule has 0 aromatic carbocycles. The molecule has 0 radical (unpaired) electrons. The maximum Gasteiger partial charge on any atom is 0.0950 e. The van der Waals surface area contributed by atoms with Crippen LogP contribution in [0.25, 0.3) is 0 Å². The molecule has 1 aliphatic rings. The first-order valence-corrected chi connectivity index (χ1v) is 4.23. The predicted octanol–water partition coefficient (Wildman–Crippen LogP) is -0.796. The van der Waals surface area contributed by atoms with E-state index in [2.05, 4.69) is 0 Å². The highest BCUT2D eigenvalue weighted by atomic mass is 32.2. The Kier molecular flexibility index (Phi) is 2.57. The van der Waals surface area contributed by atoms with E-state index in [1.165, 1.54) is 11.8 Å². The maximum absolute atomic E-state index is 9.20. The number of hydrogen-bond acceptors (Lipinski definition) is 4. The van der Waals surface area contributed by atoms with Crippen molar-refractivity contribution in [1.82, 2.24) is 0 Å². The average Bonchev–Trinajstić information content (AvgIpc) is 2.17. The Morgan fingerprint density at radius 2 is 1.90 bits per heavy atom. The molecular formula is C6H12O3S. The van der Waals surface area contributed by atoms with Gasteiger partial charge in [-0.2, -0.15) is 0 Å². The Balaban J connectivity index is 2.53. The highest BCUT2D eigenvalue weighted by molar-refractivity contribution is 8.00. The van der Waals surface area contributed by atoms with E-state index in [-0.39, 0.29) is 17.1 Å². The molecule has 0 aromatic rings. The highest BCUT2D eigenvalue weighted by Gasteiger charge is 2.38. The minimum Gasteiger partial charge on any atom is -0.395 e. The van der Waals surface area contributed by atoms with Crippen molar-refractivity contribution in [2.45, 2.75) is 29.6 Å². The lowest BCUT2D eigenvalue weighted by Crippen LogP contribution is -2.32. The molecule has 1 saturated heterocycles. The Labute approximate surface area is 64.1 Å². The van der Waals surface area contributed by atoms with Gasteiger partial charge in [-0.15, -0.1) is 11.8 Å². The van der Waals surface area contributed by atoms with Crippen molar-refractivity contribution in [1.29, 1.82) is 0 Å². The molecule has 4 atom stereocenters. The lowest BCUT2D eigenvalue weighted by molar-refractivity contribution is 0.0221. The van der Waals surface area contributed by atoms with Crippen molar-refractivity contribution < 1.29 is 15.3 Å². The molecule has 10 heavy (non-hydrogen) atoms. The first kappa shape index (κ1) is 8.33. The quantitative estimate of drug-likeness (QED) is 0.475. The Morgan fingerprint density at radius 1 is 1.30 bits per heavy atom. The van der Waals surface area contributed by atoms with Crippen LogP contribution in [-0.2, 0) is 0 Å². The SMILES string of the molecule is C[C@@H]1S[C@H](CO)[C@H](O)C1O. The molecule has 0 spiro atoms. The van der Waals surface area contributed by atoms with Crippen molar-refractivity contribution in [2.24, 2.45) is 0 Å². The zero-order chi connectivity index (χ0) is 7.72. The molecule has 0 saturated carbocycles. The van der Waals surface area contributed by atoms with Crippen LogP contribution in [0.2, 0.25) is 0 Å². The summed E-state index contributed by atoms with van der Waals surface area (Å²) in [5, 5.41) is 26.9. The number of aliphatic hydroxyl groups is 3. The van der Waals surface area contributed by atoms with Crippen molar-refractivity contribution in [3.8, 4) is 0 Å². The smallest absolute Gasteiger partial charge is 0.0950 e. The van der Waals surface area contributed by atoms with Crippen LogP contribution in [-0.4, -0.2) is 44.6 Å². The molecule has 1 aliphatic heterocycles. The van der Waals surface area contributed by atoms with E-state index in [4.69, 9.17) is 5.11 Å². The van der Waals surface area contributed by atoms with Gasteiger partial charge in [-0.25, -0.2) is 0 Å². The first-order valence-electron chi connectivity index (χ1n) is 3.29. The van der Waals surface area contributed by atoms with Gasteiger partial charge < -0.3 is 15.3 Å². The molecule has 4 heteroatoms. The van der Waals surface area contributed by atoms with E-state index in [0.717, 1.165) is 0 Å². The summed E-state index contributed by atoms with van der Waals surface area (Å²) in [5.41, 5.74) is 0. The van der Waals surface area contributed by atoms with Gasteiger partial charge >= 0.3 is 0 Å². The van der Waals surface area contributed by atoms with Crippen LogP contribution in [0, 0.1) is 0 Å². The van der Waals surface area contributed by atoms with Gasteiger partial charge in [-0.3, -0.25) is 0 Å². The van der Waals surface area contributed by atoms with E-state index in [0.29, 0.717) is 0 Å². The lowest BCUT2D eigenvalue weighted by Gasteiger charge is -2.11. The lowest BCUT2D eigenvalue weighted by atomic mass is 10.1.